The predicted octanol–water partition coefficient (Wildman–Crippen LogP) is 5.32. The number of hydrogen-bond acceptors (Lipinski definition) is 2. The summed E-state index contributed by atoms with van der Waals surface area (Å²) < 4.78 is 2.11. The van der Waals surface area contributed by atoms with Gasteiger partial charge in [0.05, 0.1) is 16.3 Å². The van der Waals surface area contributed by atoms with Crippen LogP contribution < -0.4 is 5.32 Å². The van der Waals surface area contributed by atoms with Crippen molar-refractivity contribution >= 4 is 61.5 Å². The van der Waals surface area contributed by atoms with E-state index in [0.29, 0.717) is 10.6 Å². The molecule has 0 saturated heterocycles. The lowest BCUT2D eigenvalue weighted by Gasteiger charge is -2.09. The Kier molecular flexibility index (Phi) is 4.49. The molecule has 90 valence electrons. The van der Waals surface area contributed by atoms with Gasteiger partial charge in [0.2, 0.25) is 0 Å². The molecule has 0 saturated carbocycles. The van der Waals surface area contributed by atoms with Crippen LogP contribution in [0.2, 0.25) is 5.02 Å². The first-order chi connectivity index (χ1) is 8.60. The summed E-state index contributed by atoms with van der Waals surface area (Å²) in [4.78, 5) is 0. The lowest BCUT2D eigenvalue weighted by atomic mass is 10.2. The first kappa shape index (κ1) is 13.7. The summed E-state index contributed by atoms with van der Waals surface area (Å²) in [7, 11) is 0. The molecule has 0 fully saturated rings. The van der Waals surface area contributed by atoms with Gasteiger partial charge in [-0.3, -0.25) is 0 Å². The Labute approximate surface area is 132 Å². The van der Waals surface area contributed by atoms with E-state index in [0.717, 1.165) is 19.4 Å². The highest BCUT2D eigenvalue weighted by atomic mass is 127. The molecule has 2 rings (SSSR count). The molecule has 18 heavy (non-hydrogen) atoms. The van der Waals surface area contributed by atoms with E-state index in [2.05, 4.69) is 43.8 Å². The normalized spacial score (nSPS) is 9.89. The number of nitriles is 1. The summed E-state index contributed by atoms with van der Waals surface area (Å²) in [5.74, 6) is 0. The van der Waals surface area contributed by atoms with E-state index in [1.807, 2.05) is 30.3 Å². The van der Waals surface area contributed by atoms with Crippen LogP contribution in [0.15, 0.2) is 40.9 Å². The third-order valence-corrected chi connectivity index (χ3v) is 4.04. The Morgan fingerprint density at radius 1 is 1.22 bits per heavy atom. The monoisotopic (exact) mass is 432 g/mol. The van der Waals surface area contributed by atoms with Crippen LogP contribution in [0.1, 0.15) is 5.56 Å². The van der Waals surface area contributed by atoms with Crippen molar-refractivity contribution in [2.45, 2.75) is 0 Å². The van der Waals surface area contributed by atoms with Crippen LogP contribution in [0.3, 0.4) is 0 Å². The summed E-state index contributed by atoms with van der Waals surface area (Å²) >= 11 is 11.7. The maximum Gasteiger partial charge on any atom is 0.101 e. The molecule has 0 unspecified atom stereocenters. The molecular weight excluding hydrogens is 426 g/mol. The summed E-state index contributed by atoms with van der Waals surface area (Å²) in [6, 6.07) is 13.3. The third kappa shape index (κ3) is 3.16. The second-order valence-corrected chi connectivity index (χ2v) is 6.04. The van der Waals surface area contributed by atoms with E-state index in [1.54, 1.807) is 12.1 Å². The van der Waals surface area contributed by atoms with Gasteiger partial charge in [-0.15, -0.1) is 0 Å². The molecule has 0 aromatic heterocycles. The van der Waals surface area contributed by atoms with Crippen molar-refractivity contribution in [3.63, 3.8) is 0 Å². The first-order valence-electron chi connectivity index (χ1n) is 5.02. The molecule has 0 aliphatic heterocycles. The fraction of sp³-hybridized carbons (Fsp3) is 0. The third-order valence-electron chi connectivity index (χ3n) is 2.30. The van der Waals surface area contributed by atoms with Gasteiger partial charge in [0.1, 0.15) is 6.07 Å². The van der Waals surface area contributed by atoms with Crippen molar-refractivity contribution in [1.82, 2.24) is 0 Å². The van der Waals surface area contributed by atoms with E-state index in [-0.39, 0.29) is 0 Å². The van der Waals surface area contributed by atoms with Crippen molar-refractivity contribution in [3.8, 4) is 6.07 Å². The molecule has 1 N–H and O–H groups in total. The number of rotatable bonds is 2. The number of nitrogens with zero attached hydrogens (tertiary/aromatic N) is 1. The van der Waals surface area contributed by atoms with Gasteiger partial charge in [-0.05, 0) is 59.0 Å². The minimum atomic E-state index is 0.451. The molecule has 0 heterocycles. The Bertz CT molecular complexity index is 637. The van der Waals surface area contributed by atoms with Gasteiger partial charge in [0, 0.05) is 13.7 Å². The fourth-order valence-electron chi connectivity index (χ4n) is 1.43. The smallest absolute Gasteiger partial charge is 0.101 e. The van der Waals surface area contributed by atoms with Gasteiger partial charge < -0.3 is 5.32 Å². The number of anilines is 2. The molecule has 0 bridgehead atoms. The number of halogens is 3. The topological polar surface area (TPSA) is 35.8 Å². The summed E-state index contributed by atoms with van der Waals surface area (Å²) in [6.45, 7) is 0. The number of hydrogen-bond donors (Lipinski definition) is 1. The fourth-order valence-corrected chi connectivity index (χ4v) is 2.49. The van der Waals surface area contributed by atoms with Crippen molar-refractivity contribution in [3.05, 3.63) is 55.0 Å². The number of benzene rings is 2. The van der Waals surface area contributed by atoms with Crippen molar-refractivity contribution in [2.75, 3.05) is 5.32 Å². The SMILES string of the molecule is N#Cc1ccc(Nc2cc(Br)ccc2I)cc1Cl. The van der Waals surface area contributed by atoms with E-state index in [1.165, 1.54) is 0 Å². The highest BCUT2D eigenvalue weighted by Crippen LogP contribution is 2.28. The van der Waals surface area contributed by atoms with Crippen LogP contribution in [0, 0.1) is 14.9 Å². The Balaban J connectivity index is 2.32. The van der Waals surface area contributed by atoms with Gasteiger partial charge in [0.15, 0.2) is 0 Å². The zero-order valence-electron chi connectivity index (χ0n) is 9.05. The largest absolute Gasteiger partial charge is 0.355 e. The van der Waals surface area contributed by atoms with Crippen molar-refractivity contribution < 1.29 is 0 Å². The molecule has 0 amide bonds. The molecule has 0 aliphatic carbocycles. The zero-order chi connectivity index (χ0) is 13.1. The van der Waals surface area contributed by atoms with Crippen LogP contribution in [-0.2, 0) is 0 Å². The van der Waals surface area contributed by atoms with Gasteiger partial charge in [-0.25, -0.2) is 0 Å². The van der Waals surface area contributed by atoms with Crippen LogP contribution in [0.4, 0.5) is 11.4 Å². The van der Waals surface area contributed by atoms with Gasteiger partial charge >= 0.3 is 0 Å². The maximum atomic E-state index is 8.82. The van der Waals surface area contributed by atoms with Crippen molar-refractivity contribution in [2.24, 2.45) is 0 Å². The van der Waals surface area contributed by atoms with Crippen molar-refractivity contribution in [1.29, 1.82) is 5.26 Å². The van der Waals surface area contributed by atoms with E-state index >= 15 is 0 Å². The molecule has 5 heteroatoms. The first-order valence-corrected chi connectivity index (χ1v) is 7.27. The Morgan fingerprint density at radius 2 is 2.00 bits per heavy atom. The highest BCUT2D eigenvalue weighted by Gasteiger charge is 2.04. The van der Waals surface area contributed by atoms with E-state index in [9.17, 15) is 0 Å². The number of nitrogens with one attached hydrogen (secondary N) is 1. The van der Waals surface area contributed by atoms with Crippen LogP contribution in [0.25, 0.3) is 0 Å². The predicted molar refractivity (Wildman–Crippen MR) is 86.3 cm³/mol. The van der Waals surface area contributed by atoms with Gasteiger partial charge in [0.25, 0.3) is 0 Å². The standard InChI is InChI=1S/C13H7BrClIN2/c14-9-2-4-12(16)13(5-9)18-10-3-1-8(7-17)11(15)6-10/h1-6,18H. The lowest BCUT2D eigenvalue weighted by molar-refractivity contribution is 1.46. The summed E-state index contributed by atoms with van der Waals surface area (Å²) in [5, 5.41) is 12.5. The molecule has 2 aromatic rings. The quantitative estimate of drug-likeness (QED) is 0.651. The average molecular weight is 433 g/mol. The minimum Gasteiger partial charge on any atom is -0.355 e. The second-order valence-electron chi connectivity index (χ2n) is 3.56. The van der Waals surface area contributed by atoms with E-state index in [4.69, 9.17) is 16.9 Å². The lowest BCUT2D eigenvalue weighted by Crippen LogP contribution is -1.93. The molecule has 0 atom stereocenters. The second kappa shape index (κ2) is 5.91. The van der Waals surface area contributed by atoms with Crippen LogP contribution in [-0.4, -0.2) is 0 Å². The molecule has 0 spiro atoms. The molecule has 0 radical (unpaired) electrons. The maximum absolute atomic E-state index is 8.82. The molecule has 0 aliphatic rings. The molecular formula is C13H7BrClIN2. The van der Waals surface area contributed by atoms with E-state index < -0.39 is 0 Å². The Hall–Kier alpha value is -0.770. The van der Waals surface area contributed by atoms with Crippen LogP contribution in [0.5, 0.6) is 0 Å². The Morgan fingerprint density at radius 3 is 2.67 bits per heavy atom. The highest BCUT2D eigenvalue weighted by molar-refractivity contribution is 14.1. The molecule has 2 aromatic carbocycles. The van der Waals surface area contributed by atoms with Crippen LogP contribution >= 0.6 is 50.1 Å². The minimum absolute atomic E-state index is 0.451. The van der Waals surface area contributed by atoms with Gasteiger partial charge in [-0.2, -0.15) is 5.26 Å². The zero-order valence-corrected chi connectivity index (χ0v) is 13.5. The molecule has 2 nitrogen and oxygen atoms in total. The average Bonchev–Trinajstić information content (AvgIpc) is 2.34. The van der Waals surface area contributed by atoms with Gasteiger partial charge in [-0.1, -0.05) is 27.5 Å². The summed E-state index contributed by atoms with van der Waals surface area (Å²) in [5.41, 5.74) is 2.33. The summed E-state index contributed by atoms with van der Waals surface area (Å²) in [6.07, 6.45) is 0.